The van der Waals surface area contributed by atoms with Crippen molar-refractivity contribution in [3.8, 4) is 11.5 Å². The lowest BCUT2D eigenvalue weighted by molar-refractivity contribution is -0.132. The van der Waals surface area contributed by atoms with Crippen LogP contribution in [0, 0.1) is 0 Å². The van der Waals surface area contributed by atoms with Crippen LogP contribution in [-0.2, 0) is 11.3 Å². The Balaban J connectivity index is 0.00000220. The second-order valence-electron chi connectivity index (χ2n) is 5.06. The Morgan fingerprint density at radius 3 is 2.38 bits per heavy atom. The van der Waals surface area contributed by atoms with Crippen molar-refractivity contribution < 1.29 is 14.3 Å². The van der Waals surface area contributed by atoms with Gasteiger partial charge in [0.2, 0.25) is 5.91 Å². The quantitative estimate of drug-likeness (QED) is 0.901. The second-order valence-corrected chi connectivity index (χ2v) is 5.06. The van der Waals surface area contributed by atoms with E-state index in [0.29, 0.717) is 6.54 Å². The number of ether oxygens (including phenoxy) is 2. The summed E-state index contributed by atoms with van der Waals surface area (Å²) in [6.07, 6.45) is 1.99. The molecule has 118 valence electrons. The zero-order chi connectivity index (χ0) is 14.5. The van der Waals surface area contributed by atoms with Crippen molar-refractivity contribution in [2.45, 2.75) is 25.4 Å². The number of amides is 1. The van der Waals surface area contributed by atoms with E-state index in [1.165, 1.54) is 0 Å². The summed E-state index contributed by atoms with van der Waals surface area (Å²) in [7, 11) is 5.07. The molecule has 1 aliphatic heterocycles. The first-order valence-electron chi connectivity index (χ1n) is 6.84. The van der Waals surface area contributed by atoms with Gasteiger partial charge < -0.3 is 19.7 Å². The third-order valence-electron chi connectivity index (χ3n) is 3.57. The monoisotopic (exact) mass is 314 g/mol. The van der Waals surface area contributed by atoms with Crippen LogP contribution in [0.1, 0.15) is 18.4 Å². The number of methoxy groups -OCH3 is 2. The molecule has 21 heavy (non-hydrogen) atoms. The molecule has 1 fully saturated rings. The van der Waals surface area contributed by atoms with Gasteiger partial charge in [0.1, 0.15) is 11.5 Å². The molecule has 1 saturated heterocycles. The van der Waals surface area contributed by atoms with E-state index in [1.54, 1.807) is 19.1 Å². The molecule has 1 aromatic rings. The summed E-state index contributed by atoms with van der Waals surface area (Å²) in [5, 5.41) is 3.23. The maximum atomic E-state index is 12.3. The van der Waals surface area contributed by atoms with E-state index in [1.807, 2.05) is 25.2 Å². The Morgan fingerprint density at radius 1 is 1.29 bits per heavy atom. The highest BCUT2D eigenvalue weighted by Crippen LogP contribution is 2.23. The fourth-order valence-electron chi connectivity index (χ4n) is 2.47. The number of carbonyl (C=O) groups excluding carboxylic acids is 1. The van der Waals surface area contributed by atoms with Crippen molar-refractivity contribution in [1.29, 1.82) is 0 Å². The van der Waals surface area contributed by atoms with Gasteiger partial charge in [-0.15, -0.1) is 12.4 Å². The van der Waals surface area contributed by atoms with E-state index in [9.17, 15) is 4.79 Å². The molecule has 0 saturated carbocycles. The molecule has 2 rings (SSSR count). The summed E-state index contributed by atoms with van der Waals surface area (Å²) < 4.78 is 10.5. The number of rotatable bonds is 5. The van der Waals surface area contributed by atoms with Crippen molar-refractivity contribution >= 4 is 18.3 Å². The molecule has 1 aromatic carbocycles. The maximum Gasteiger partial charge on any atom is 0.239 e. The summed E-state index contributed by atoms with van der Waals surface area (Å²) >= 11 is 0. The molecule has 0 radical (unpaired) electrons. The van der Waals surface area contributed by atoms with Crippen LogP contribution in [0.2, 0.25) is 0 Å². The summed E-state index contributed by atoms with van der Waals surface area (Å²) in [5.41, 5.74) is 0.995. The molecule has 0 aromatic heterocycles. The molecule has 5 nitrogen and oxygen atoms in total. The lowest BCUT2D eigenvalue weighted by Crippen LogP contribution is -2.41. The summed E-state index contributed by atoms with van der Waals surface area (Å²) in [6, 6.07) is 5.64. The number of hydrogen-bond donors (Lipinski definition) is 1. The molecule has 0 spiro atoms. The number of carbonyl (C=O) groups is 1. The Labute approximate surface area is 132 Å². The minimum atomic E-state index is -0.0347. The molecule has 1 aliphatic rings. The average Bonchev–Trinajstić information content (AvgIpc) is 3.00. The van der Waals surface area contributed by atoms with Crippen LogP contribution in [0.5, 0.6) is 11.5 Å². The van der Waals surface area contributed by atoms with E-state index >= 15 is 0 Å². The van der Waals surface area contributed by atoms with Crippen LogP contribution in [0.25, 0.3) is 0 Å². The topological polar surface area (TPSA) is 50.8 Å². The van der Waals surface area contributed by atoms with E-state index in [-0.39, 0.29) is 24.4 Å². The predicted molar refractivity (Wildman–Crippen MR) is 84.3 cm³/mol. The molecule has 0 aliphatic carbocycles. The predicted octanol–water partition coefficient (Wildman–Crippen LogP) is 1.84. The molecular formula is C15H23ClN2O3. The van der Waals surface area contributed by atoms with Gasteiger partial charge in [-0.1, -0.05) is 0 Å². The summed E-state index contributed by atoms with van der Waals surface area (Å²) in [4.78, 5) is 14.0. The van der Waals surface area contributed by atoms with Crippen LogP contribution < -0.4 is 14.8 Å². The van der Waals surface area contributed by atoms with E-state index in [0.717, 1.165) is 36.4 Å². The normalized spacial score (nSPS) is 17.0. The van der Waals surface area contributed by atoms with Gasteiger partial charge in [-0.3, -0.25) is 4.79 Å². The average molecular weight is 315 g/mol. The molecule has 1 heterocycles. The molecule has 1 atom stereocenters. The van der Waals surface area contributed by atoms with Gasteiger partial charge in [-0.2, -0.15) is 0 Å². The lowest BCUT2D eigenvalue weighted by Gasteiger charge is -2.21. The molecule has 1 N–H and O–H groups in total. The summed E-state index contributed by atoms with van der Waals surface area (Å²) in [5.74, 6) is 1.61. The first-order valence-corrected chi connectivity index (χ1v) is 6.84. The van der Waals surface area contributed by atoms with Crippen LogP contribution in [0.3, 0.4) is 0 Å². The highest BCUT2D eigenvalue weighted by Gasteiger charge is 2.24. The van der Waals surface area contributed by atoms with Crippen molar-refractivity contribution in [2.75, 3.05) is 27.8 Å². The fourth-order valence-corrected chi connectivity index (χ4v) is 2.47. The van der Waals surface area contributed by atoms with Gasteiger partial charge in [-0.05, 0) is 37.1 Å². The smallest absolute Gasteiger partial charge is 0.239 e. The number of likely N-dealkylation sites (N-methyl/N-ethyl adjacent to an activating group) is 1. The number of hydrogen-bond acceptors (Lipinski definition) is 4. The Bertz CT molecular complexity index is 454. The first-order chi connectivity index (χ1) is 9.63. The number of nitrogens with one attached hydrogen (secondary N) is 1. The molecular weight excluding hydrogens is 292 g/mol. The van der Waals surface area contributed by atoms with Gasteiger partial charge in [0.25, 0.3) is 0 Å². The third kappa shape index (κ3) is 4.51. The molecule has 1 amide bonds. The second kappa shape index (κ2) is 8.10. The summed E-state index contributed by atoms with van der Waals surface area (Å²) in [6.45, 7) is 1.47. The number of benzene rings is 1. The fraction of sp³-hybridized carbons (Fsp3) is 0.533. The van der Waals surface area contributed by atoms with Crippen molar-refractivity contribution in [3.63, 3.8) is 0 Å². The van der Waals surface area contributed by atoms with Crippen LogP contribution in [-0.4, -0.2) is 44.7 Å². The standard InChI is InChI=1S/C15H22N2O3.ClH/c1-17(15(18)14-5-4-6-16-14)10-11-7-12(19-2)9-13(8-11)20-3;/h7-9,14,16H,4-6,10H2,1-3H3;1H. The Kier molecular flexibility index (Phi) is 6.78. The zero-order valence-electron chi connectivity index (χ0n) is 12.7. The molecule has 6 heteroatoms. The highest BCUT2D eigenvalue weighted by atomic mass is 35.5. The molecule has 1 unspecified atom stereocenters. The minimum Gasteiger partial charge on any atom is -0.497 e. The Morgan fingerprint density at radius 2 is 1.90 bits per heavy atom. The first kappa shape index (κ1) is 17.6. The van der Waals surface area contributed by atoms with Crippen molar-refractivity contribution in [2.24, 2.45) is 0 Å². The van der Waals surface area contributed by atoms with E-state index in [4.69, 9.17) is 9.47 Å². The van der Waals surface area contributed by atoms with Crippen molar-refractivity contribution in [3.05, 3.63) is 23.8 Å². The van der Waals surface area contributed by atoms with Gasteiger partial charge in [0, 0.05) is 19.7 Å². The Hall–Kier alpha value is -1.46. The minimum absolute atomic E-state index is 0. The lowest BCUT2D eigenvalue weighted by atomic mass is 10.1. The zero-order valence-corrected chi connectivity index (χ0v) is 13.5. The van der Waals surface area contributed by atoms with Gasteiger partial charge >= 0.3 is 0 Å². The van der Waals surface area contributed by atoms with Gasteiger partial charge in [0.05, 0.1) is 20.3 Å². The number of nitrogens with zero attached hydrogens (tertiary/aromatic N) is 1. The van der Waals surface area contributed by atoms with E-state index in [2.05, 4.69) is 5.32 Å². The maximum absolute atomic E-state index is 12.3. The van der Waals surface area contributed by atoms with Gasteiger partial charge in [0.15, 0.2) is 0 Å². The molecule has 0 bridgehead atoms. The number of halogens is 1. The van der Waals surface area contributed by atoms with Crippen LogP contribution in [0.15, 0.2) is 18.2 Å². The van der Waals surface area contributed by atoms with E-state index < -0.39 is 0 Å². The van der Waals surface area contributed by atoms with Crippen LogP contribution in [0.4, 0.5) is 0 Å². The largest absolute Gasteiger partial charge is 0.497 e. The highest BCUT2D eigenvalue weighted by molar-refractivity contribution is 5.85. The van der Waals surface area contributed by atoms with Crippen LogP contribution >= 0.6 is 12.4 Å². The van der Waals surface area contributed by atoms with Crippen molar-refractivity contribution in [1.82, 2.24) is 10.2 Å². The third-order valence-corrected chi connectivity index (χ3v) is 3.57. The van der Waals surface area contributed by atoms with Gasteiger partial charge in [-0.25, -0.2) is 0 Å². The SMILES string of the molecule is COc1cc(CN(C)C(=O)C2CCCN2)cc(OC)c1.Cl.